The van der Waals surface area contributed by atoms with Crippen LogP contribution in [0.3, 0.4) is 0 Å². The third-order valence-corrected chi connectivity index (χ3v) is 5.87. The van der Waals surface area contributed by atoms with E-state index >= 15 is 0 Å². The van der Waals surface area contributed by atoms with Gasteiger partial charge in [0.1, 0.15) is 12.4 Å². The number of hydrogen-bond donors (Lipinski definition) is 2. The molecule has 0 aliphatic rings. The smallest absolute Gasteiger partial charge is 0.382 e. The number of benzene rings is 2. The zero-order valence-corrected chi connectivity index (χ0v) is 20.9. The van der Waals surface area contributed by atoms with Gasteiger partial charge in [-0.1, -0.05) is 35.0 Å². The summed E-state index contributed by atoms with van der Waals surface area (Å²) >= 11 is 5.88. The first-order valence-electron chi connectivity index (χ1n) is 11.4. The molecule has 15 heteroatoms. The molecular weight excluding hydrogens is 548 g/mol. The molecule has 39 heavy (non-hydrogen) atoms. The molecular formula is C24H21ClF4N6O4. The van der Waals surface area contributed by atoms with E-state index in [0.29, 0.717) is 20.1 Å². The predicted octanol–water partition coefficient (Wildman–Crippen LogP) is 3.22. The minimum Gasteiger partial charge on any atom is -0.382 e. The van der Waals surface area contributed by atoms with Gasteiger partial charge >= 0.3 is 11.9 Å². The van der Waals surface area contributed by atoms with Gasteiger partial charge in [-0.15, -0.1) is 5.10 Å². The highest BCUT2D eigenvalue weighted by molar-refractivity contribution is 6.30. The van der Waals surface area contributed by atoms with Crippen LogP contribution in [0.2, 0.25) is 5.02 Å². The Morgan fingerprint density at radius 3 is 2.49 bits per heavy atom. The average Bonchev–Trinajstić information content (AvgIpc) is 3.41. The van der Waals surface area contributed by atoms with Gasteiger partial charge in [0.15, 0.2) is 17.8 Å². The maximum Gasteiger partial charge on any atom is 0.416 e. The van der Waals surface area contributed by atoms with Crippen LogP contribution in [0.5, 0.6) is 0 Å². The number of halogens is 5. The van der Waals surface area contributed by atoms with E-state index < -0.39 is 48.8 Å². The number of carbonyl (C=O) groups is 1. The molecule has 2 atom stereocenters. The molecule has 0 aliphatic heterocycles. The Morgan fingerprint density at radius 1 is 1.18 bits per heavy atom. The van der Waals surface area contributed by atoms with Crippen molar-refractivity contribution < 1.29 is 32.0 Å². The molecule has 2 aromatic carbocycles. The summed E-state index contributed by atoms with van der Waals surface area (Å²) in [5.41, 5.74) is -0.746. The lowest BCUT2D eigenvalue weighted by atomic mass is 10.0. The van der Waals surface area contributed by atoms with Gasteiger partial charge in [-0.25, -0.2) is 13.9 Å². The Balaban J connectivity index is 1.64. The molecule has 4 rings (SSSR count). The van der Waals surface area contributed by atoms with Gasteiger partial charge in [-0.3, -0.25) is 9.36 Å². The van der Waals surface area contributed by atoms with Crippen molar-refractivity contribution in [1.29, 1.82) is 0 Å². The third-order valence-electron chi connectivity index (χ3n) is 5.62. The number of carbonyl (C=O) groups excluding carboxylic acids is 1. The molecule has 0 aliphatic carbocycles. The van der Waals surface area contributed by atoms with Crippen LogP contribution in [0.25, 0.3) is 11.4 Å². The maximum atomic E-state index is 14.6. The van der Waals surface area contributed by atoms with Crippen LogP contribution in [0.1, 0.15) is 23.3 Å². The van der Waals surface area contributed by atoms with Crippen LogP contribution in [0.15, 0.2) is 57.8 Å². The van der Waals surface area contributed by atoms with E-state index in [9.17, 15) is 32.3 Å². The summed E-state index contributed by atoms with van der Waals surface area (Å²) < 4.78 is 60.1. The number of amides is 1. The number of alkyl halides is 3. The first-order chi connectivity index (χ1) is 18.4. The van der Waals surface area contributed by atoms with E-state index in [2.05, 4.69) is 20.6 Å². The fourth-order valence-electron chi connectivity index (χ4n) is 3.77. The normalized spacial score (nSPS) is 13.3. The van der Waals surface area contributed by atoms with E-state index in [4.69, 9.17) is 16.1 Å². The van der Waals surface area contributed by atoms with Gasteiger partial charge in [0.05, 0.1) is 19.0 Å². The minimum atomic E-state index is -5.00. The van der Waals surface area contributed by atoms with Crippen molar-refractivity contribution in [3.05, 3.63) is 87.1 Å². The van der Waals surface area contributed by atoms with Gasteiger partial charge in [0.25, 0.3) is 0 Å². The quantitative estimate of drug-likeness (QED) is 0.297. The number of aromatic nitrogens is 5. The lowest BCUT2D eigenvalue weighted by Gasteiger charge is -2.18. The molecule has 0 radical (unpaired) electrons. The summed E-state index contributed by atoms with van der Waals surface area (Å²) in [5, 5.41) is 20.2. The van der Waals surface area contributed by atoms with Crippen molar-refractivity contribution in [2.24, 2.45) is 0 Å². The van der Waals surface area contributed by atoms with E-state index in [1.54, 1.807) is 13.0 Å². The molecule has 0 saturated carbocycles. The molecule has 0 spiro atoms. The summed E-state index contributed by atoms with van der Waals surface area (Å²) in [6.45, 7) is -0.293. The largest absolute Gasteiger partial charge is 0.416 e. The van der Waals surface area contributed by atoms with Crippen molar-refractivity contribution in [3.63, 3.8) is 0 Å². The van der Waals surface area contributed by atoms with Gasteiger partial charge in [0, 0.05) is 16.1 Å². The van der Waals surface area contributed by atoms with Crippen LogP contribution in [0.4, 0.5) is 17.6 Å². The zero-order chi connectivity index (χ0) is 28.3. The SMILES string of the molecule is Cc1noc(CC(NC(=O)Cn2nc(-c3ccc(Cl)cc3)n(CC(O)C(F)(F)F)c2=O)c2ccccc2F)n1. The van der Waals surface area contributed by atoms with E-state index in [1.165, 1.54) is 42.5 Å². The Morgan fingerprint density at radius 2 is 1.87 bits per heavy atom. The molecule has 4 aromatic rings. The summed E-state index contributed by atoms with van der Waals surface area (Å²) in [6.07, 6.45) is -7.95. The monoisotopic (exact) mass is 568 g/mol. The lowest BCUT2D eigenvalue weighted by Crippen LogP contribution is -2.39. The van der Waals surface area contributed by atoms with Crippen molar-refractivity contribution in [2.45, 2.75) is 44.8 Å². The Labute approximate surface area is 222 Å². The van der Waals surface area contributed by atoms with E-state index in [1.807, 2.05) is 0 Å². The number of aryl methyl sites for hydroxylation is 1. The molecule has 2 heterocycles. The van der Waals surface area contributed by atoms with Crippen LogP contribution >= 0.6 is 11.6 Å². The first kappa shape index (κ1) is 28.0. The molecule has 0 fully saturated rings. The summed E-state index contributed by atoms with van der Waals surface area (Å²) in [4.78, 5) is 30.1. The highest BCUT2D eigenvalue weighted by atomic mass is 35.5. The number of nitrogens with one attached hydrogen (secondary N) is 1. The lowest BCUT2D eigenvalue weighted by molar-refractivity contribution is -0.207. The second-order valence-corrected chi connectivity index (χ2v) is 8.96. The number of aliphatic hydroxyl groups excluding tert-OH is 1. The fraction of sp³-hybridized carbons (Fsp3) is 0.292. The third kappa shape index (κ3) is 6.70. The van der Waals surface area contributed by atoms with Gasteiger partial charge in [-0.2, -0.15) is 18.2 Å². The fourth-order valence-corrected chi connectivity index (χ4v) is 3.89. The highest BCUT2D eigenvalue weighted by Crippen LogP contribution is 2.24. The second kappa shape index (κ2) is 11.4. The van der Waals surface area contributed by atoms with Crippen LogP contribution in [-0.2, 0) is 24.3 Å². The van der Waals surface area contributed by atoms with Crippen molar-refractivity contribution in [2.75, 3.05) is 0 Å². The summed E-state index contributed by atoms with van der Waals surface area (Å²) in [7, 11) is 0. The van der Waals surface area contributed by atoms with Crippen LogP contribution in [-0.4, -0.2) is 47.8 Å². The Hall–Kier alpha value is -4.04. The van der Waals surface area contributed by atoms with Gasteiger partial charge in [-0.05, 0) is 37.3 Å². The van der Waals surface area contributed by atoms with Gasteiger partial charge in [0.2, 0.25) is 11.8 Å². The number of rotatable bonds is 9. The molecule has 1 amide bonds. The van der Waals surface area contributed by atoms with Crippen molar-refractivity contribution in [3.8, 4) is 11.4 Å². The number of hydrogen-bond acceptors (Lipinski definition) is 7. The average molecular weight is 569 g/mol. The highest BCUT2D eigenvalue weighted by Gasteiger charge is 2.39. The van der Waals surface area contributed by atoms with Crippen LogP contribution in [0, 0.1) is 12.7 Å². The first-order valence-corrected chi connectivity index (χ1v) is 11.8. The van der Waals surface area contributed by atoms with Crippen molar-refractivity contribution in [1.82, 2.24) is 29.8 Å². The molecule has 0 bridgehead atoms. The van der Waals surface area contributed by atoms with Crippen LogP contribution < -0.4 is 11.0 Å². The molecule has 2 N–H and O–H groups in total. The Kier molecular flexibility index (Phi) is 8.16. The predicted molar refractivity (Wildman–Crippen MR) is 129 cm³/mol. The molecule has 0 saturated heterocycles. The zero-order valence-electron chi connectivity index (χ0n) is 20.2. The minimum absolute atomic E-state index is 0.0787. The Bertz CT molecular complexity index is 1520. The summed E-state index contributed by atoms with van der Waals surface area (Å²) in [6, 6.07) is 10.4. The second-order valence-electron chi connectivity index (χ2n) is 8.52. The molecule has 2 unspecified atom stereocenters. The maximum absolute atomic E-state index is 14.6. The van der Waals surface area contributed by atoms with E-state index in [-0.39, 0.29) is 29.3 Å². The standard InChI is InChI=1S/C24H21ClF4N6O4/c1-13-30-21(39-33-13)10-18(16-4-2-3-5-17(16)26)31-20(37)12-35-23(38)34(11-19(36)24(27,28)29)22(32-35)14-6-8-15(25)9-7-14/h2-9,18-19,36H,10-12H2,1H3,(H,31,37). The molecule has 10 nitrogen and oxygen atoms in total. The molecule has 2 aromatic heterocycles. The molecule has 206 valence electrons. The topological polar surface area (TPSA) is 128 Å². The van der Waals surface area contributed by atoms with Crippen molar-refractivity contribution >= 4 is 17.5 Å². The summed E-state index contributed by atoms with van der Waals surface area (Å²) in [5.74, 6) is -1.19. The van der Waals surface area contributed by atoms with Gasteiger partial charge < -0.3 is 14.9 Å². The number of aliphatic hydroxyl groups is 1. The van der Waals surface area contributed by atoms with E-state index in [0.717, 1.165) is 0 Å². The number of nitrogens with zero attached hydrogens (tertiary/aromatic N) is 5.